The summed E-state index contributed by atoms with van der Waals surface area (Å²) < 4.78 is 3.50. The topological polar surface area (TPSA) is 111 Å². The van der Waals surface area contributed by atoms with Crippen molar-refractivity contribution in [1.82, 2.24) is 24.4 Å². The fourth-order valence-electron chi connectivity index (χ4n) is 3.17. The number of benzene rings is 1. The highest BCUT2D eigenvalue weighted by atomic mass is 32.1. The molecule has 27 heavy (non-hydrogen) atoms. The summed E-state index contributed by atoms with van der Waals surface area (Å²) in [5, 5.41) is 19.3. The number of aliphatic hydroxyl groups is 1. The van der Waals surface area contributed by atoms with Crippen molar-refractivity contribution in [2.75, 3.05) is 0 Å². The number of primary amides is 1. The van der Waals surface area contributed by atoms with Gasteiger partial charge in [-0.2, -0.15) is 0 Å². The number of thiazole rings is 1. The zero-order valence-corrected chi connectivity index (χ0v) is 15.0. The Kier molecular flexibility index (Phi) is 3.59. The molecule has 1 saturated carbocycles. The van der Waals surface area contributed by atoms with Crippen LogP contribution >= 0.6 is 11.3 Å². The van der Waals surface area contributed by atoms with Gasteiger partial charge >= 0.3 is 0 Å². The molecular weight excluding hydrogens is 364 g/mol. The summed E-state index contributed by atoms with van der Waals surface area (Å²) >= 11 is 1.67. The number of nitrogens with two attached hydrogens (primary N) is 1. The summed E-state index contributed by atoms with van der Waals surface area (Å²) in [5.41, 5.74) is 7.71. The third-order valence-electron chi connectivity index (χ3n) is 4.75. The average Bonchev–Trinajstić information content (AvgIpc) is 3.08. The molecule has 0 radical (unpaired) electrons. The molecule has 0 aliphatic heterocycles. The first kappa shape index (κ1) is 16.2. The Bertz CT molecular complexity index is 1140. The van der Waals surface area contributed by atoms with E-state index in [9.17, 15) is 9.90 Å². The van der Waals surface area contributed by atoms with E-state index in [0.717, 1.165) is 29.1 Å². The fraction of sp³-hybridized carbons (Fsp3) is 0.222. The van der Waals surface area contributed by atoms with E-state index in [1.54, 1.807) is 52.8 Å². The second kappa shape index (κ2) is 6.00. The number of imidazole rings is 1. The number of aromatic nitrogens is 5. The van der Waals surface area contributed by atoms with Gasteiger partial charge in [0.15, 0.2) is 0 Å². The second-order valence-electron chi connectivity index (χ2n) is 6.63. The van der Waals surface area contributed by atoms with Crippen molar-refractivity contribution in [1.29, 1.82) is 0 Å². The monoisotopic (exact) mass is 380 g/mol. The van der Waals surface area contributed by atoms with Gasteiger partial charge in [-0.3, -0.25) is 9.20 Å². The van der Waals surface area contributed by atoms with Crippen LogP contribution < -0.4 is 5.73 Å². The first-order chi connectivity index (χ1) is 13.1. The van der Waals surface area contributed by atoms with Gasteiger partial charge in [-0.25, -0.2) is 9.67 Å². The van der Waals surface area contributed by atoms with Crippen LogP contribution in [0.2, 0.25) is 0 Å². The van der Waals surface area contributed by atoms with Gasteiger partial charge in [0, 0.05) is 10.4 Å². The summed E-state index contributed by atoms with van der Waals surface area (Å²) in [6.45, 7) is 0. The molecular formula is C18H16N6O2S. The van der Waals surface area contributed by atoms with Gasteiger partial charge in [-0.1, -0.05) is 5.21 Å². The third kappa shape index (κ3) is 2.71. The van der Waals surface area contributed by atoms with Crippen LogP contribution in [0.1, 0.15) is 51.5 Å². The molecule has 9 heteroatoms. The smallest absolute Gasteiger partial charge is 0.248 e. The maximum absolute atomic E-state index is 11.2. The molecule has 136 valence electrons. The number of carbonyl (C=O) groups is 1. The highest BCUT2D eigenvalue weighted by molar-refractivity contribution is 7.17. The first-order valence-corrected chi connectivity index (χ1v) is 9.38. The Balaban J connectivity index is 1.50. The molecule has 1 fully saturated rings. The number of hydrogen-bond donors (Lipinski definition) is 2. The molecule has 3 aromatic heterocycles. The maximum Gasteiger partial charge on any atom is 0.248 e. The molecule has 3 N–H and O–H groups in total. The van der Waals surface area contributed by atoms with Crippen molar-refractivity contribution in [3.63, 3.8) is 0 Å². The molecule has 1 atom stereocenters. The Labute approximate surface area is 157 Å². The number of nitrogens with zero attached hydrogens (tertiary/aromatic N) is 5. The number of amides is 1. The van der Waals surface area contributed by atoms with Crippen molar-refractivity contribution in [3.05, 3.63) is 64.8 Å². The van der Waals surface area contributed by atoms with Crippen LogP contribution in [-0.4, -0.2) is 35.4 Å². The van der Waals surface area contributed by atoms with Gasteiger partial charge in [-0.05, 0) is 43.0 Å². The van der Waals surface area contributed by atoms with Crippen molar-refractivity contribution in [2.45, 2.75) is 24.9 Å². The summed E-state index contributed by atoms with van der Waals surface area (Å²) in [6.07, 6.45) is 6.64. The number of aliphatic hydroxyl groups excluding tert-OH is 1. The van der Waals surface area contributed by atoms with Crippen LogP contribution in [0.4, 0.5) is 0 Å². The van der Waals surface area contributed by atoms with Crippen molar-refractivity contribution in [2.24, 2.45) is 5.73 Å². The van der Waals surface area contributed by atoms with Crippen molar-refractivity contribution >= 4 is 22.1 Å². The van der Waals surface area contributed by atoms with E-state index in [-0.39, 0.29) is 0 Å². The molecule has 1 aliphatic carbocycles. The van der Waals surface area contributed by atoms with Crippen LogP contribution in [-0.2, 0) is 0 Å². The predicted octanol–water partition coefficient (Wildman–Crippen LogP) is 2.03. The molecule has 1 amide bonds. The molecule has 3 heterocycles. The van der Waals surface area contributed by atoms with Gasteiger partial charge < -0.3 is 10.8 Å². The lowest BCUT2D eigenvalue weighted by molar-refractivity contribution is 0.100. The van der Waals surface area contributed by atoms with E-state index in [2.05, 4.69) is 15.3 Å². The van der Waals surface area contributed by atoms with Gasteiger partial charge in [0.1, 0.15) is 23.0 Å². The molecule has 0 saturated heterocycles. The Morgan fingerprint density at radius 1 is 1.30 bits per heavy atom. The standard InChI is InChI=1S/C18H16N6O2S/c19-18(26)11-3-5-12(6-4-11)24-8-13(21-22-24)16(25)15-17(10-1-2-10)27-14-7-20-9-23(14)15/h3-10,16,25H,1-2H2,(H2,19,26). The van der Waals surface area contributed by atoms with E-state index < -0.39 is 12.0 Å². The van der Waals surface area contributed by atoms with Crippen LogP contribution in [0.25, 0.3) is 10.5 Å². The molecule has 0 spiro atoms. The van der Waals surface area contributed by atoms with E-state index >= 15 is 0 Å². The predicted molar refractivity (Wildman–Crippen MR) is 99.0 cm³/mol. The van der Waals surface area contributed by atoms with E-state index in [1.165, 1.54) is 4.88 Å². The van der Waals surface area contributed by atoms with Gasteiger partial charge in [-0.15, -0.1) is 16.4 Å². The first-order valence-electron chi connectivity index (χ1n) is 8.57. The van der Waals surface area contributed by atoms with E-state index in [1.807, 2.05) is 10.6 Å². The zero-order chi connectivity index (χ0) is 18.5. The quantitative estimate of drug-likeness (QED) is 0.550. The average molecular weight is 380 g/mol. The largest absolute Gasteiger partial charge is 0.380 e. The maximum atomic E-state index is 11.2. The van der Waals surface area contributed by atoms with Gasteiger partial charge in [0.2, 0.25) is 5.91 Å². The van der Waals surface area contributed by atoms with Crippen LogP contribution in [0.15, 0.2) is 43.0 Å². The Hall–Kier alpha value is -3.04. The molecule has 5 rings (SSSR count). The lowest BCUT2D eigenvalue weighted by Crippen LogP contribution is -2.10. The van der Waals surface area contributed by atoms with Gasteiger partial charge in [0.25, 0.3) is 0 Å². The number of carbonyl (C=O) groups excluding carboxylic acids is 1. The normalized spacial score (nSPS) is 15.3. The van der Waals surface area contributed by atoms with E-state index in [4.69, 9.17) is 5.73 Å². The minimum absolute atomic E-state index is 0.425. The molecule has 8 nitrogen and oxygen atoms in total. The van der Waals surface area contributed by atoms with Crippen LogP contribution in [0.3, 0.4) is 0 Å². The van der Waals surface area contributed by atoms with Crippen molar-refractivity contribution < 1.29 is 9.90 Å². The number of hydrogen-bond acceptors (Lipinski definition) is 6. The lowest BCUT2D eigenvalue weighted by atomic mass is 10.1. The fourth-order valence-corrected chi connectivity index (χ4v) is 4.47. The zero-order valence-electron chi connectivity index (χ0n) is 14.2. The summed E-state index contributed by atoms with van der Waals surface area (Å²) in [5.74, 6) is 0.0293. The van der Waals surface area contributed by atoms with Crippen molar-refractivity contribution in [3.8, 4) is 5.69 Å². The van der Waals surface area contributed by atoms with Crippen LogP contribution in [0, 0.1) is 0 Å². The Morgan fingerprint density at radius 2 is 2.07 bits per heavy atom. The molecule has 4 aromatic rings. The minimum Gasteiger partial charge on any atom is -0.380 e. The van der Waals surface area contributed by atoms with Crippen LogP contribution in [0.5, 0.6) is 0 Å². The summed E-state index contributed by atoms with van der Waals surface area (Å²) in [6, 6.07) is 6.74. The minimum atomic E-state index is -0.887. The van der Waals surface area contributed by atoms with E-state index in [0.29, 0.717) is 17.2 Å². The number of fused-ring (bicyclic) bond motifs is 1. The third-order valence-corrected chi connectivity index (χ3v) is 6.02. The van der Waals surface area contributed by atoms with Gasteiger partial charge in [0.05, 0.1) is 23.8 Å². The number of rotatable bonds is 5. The second-order valence-corrected chi connectivity index (χ2v) is 7.69. The highest BCUT2D eigenvalue weighted by Crippen LogP contribution is 2.47. The molecule has 1 aromatic carbocycles. The summed E-state index contributed by atoms with van der Waals surface area (Å²) in [7, 11) is 0. The highest BCUT2D eigenvalue weighted by Gasteiger charge is 2.33. The lowest BCUT2D eigenvalue weighted by Gasteiger charge is -2.09. The molecule has 1 aliphatic rings. The SMILES string of the molecule is NC(=O)c1ccc(-n2cc(C(O)c3c(C4CC4)sc4cncn34)nn2)cc1. The summed E-state index contributed by atoms with van der Waals surface area (Å²) in [4.78, 5) is 17.6. The molecule has 1 unspecified atom stereocenters. The molecule has 0 bridgehead atoms. The Morgan fingerprint density at radius 3 is 2.78 bits per heavy atom.